The van der Waals surface area contributed by atoms with Crippen molar-refractivity contribution in [1.29, 1.82) is 0 Å². The average Bonchev–Trinajstić information content (AvgIpc) is 2.93. The smallest absolute Gasteiger partial charge is 0.330 e. The minimum absolute atomic E-state index is 0.138. The molecule has 0 fully saturated rings. The topological polar surface area (TPSA) is 105 Å². The van der Waals surface area contributed by atoms with Crippen molar-refractivity contribution in [3.05, 3.63) is 12.7 Å². The molecule has 2 N–H and O–H groups in total. The van der Waals surface area contributed by atoms with Gasteiger partial charge in [0.1, 0.15) is 11.8 Å². The third-order valence-corrected chi connectivity index (χ3v) is 5.38. The Morgan fingerprint density at radius 3 is 2.65 bits per heavy atom. The zero-order chi connectivity index (χ0) is 16.9. The van der Waals surface area contributed by atoms with Crippen LogP contribution in [0.5, 0.6) is 0 Å². The minimum Gasteiger partial charge on any atom is -0.382 e. The first-order chi connectivity index (χ1) is 11.0. The van der Waals surface area contributed by atoms with Crippen LogP contribution in [-0.4, -0.2) is 38.9 Å². The minimum atomic E-state index is -3.15. The quantitative estimate of drug-likeness (QED) is 0.697. The summed E-state index contributed by atoms with van der Waals surface area (Å²) in [6.45, 7) is 4.06. The summed E-state index contributed by atoms with van der Waals surface area (Å²) in [5, 5.41) is 0. The lowest BCUT2D eigenvalue weighted by molar-refractivity contribution is 0.210. The molecule has 0 radical (unpaired) electrons. The third-order valence-electron chi connectivity index (χ3n) is 3.21. The summed E-state index contributed by atoms with van der Waals surface area (Å²) in [6.07, 6.45) is 1.90. The fourth-order valence-corrected chi connectivity index (χ4v) is 3.92. The van der Waals surface area contributed by atoms with Gasteiger partial charge in [-0.2, -0.15) is 0 Å². The van der Waals surface area contributed by atoms with Crippen LogP contribution in [0.3, 0.4) is 0 Å². The summed E-state index contributed by atoms with van der Waals surface area (Å²) in [7, 11) is -3.15. The van der Waals surface area contributed by atoms with Gasteiger partial charge in [-0.05, 0) is 26.7 Å². The lowest BCUT2D eigenvalue weighted by Gasteiger charge is -2.17. The number of nitrogens with zero attached hydrogens (tertiary/aromatic N) is 4. The largest absolute Gasteiger partial charge is 0.382 e. The maximum absolute atomic E-state index is 14.4. The molecule has 8 nitrogen and oxygen atoms in total. The number of alkyl halides is 1. The summed E-state index contributed by atoms with van der Waals surface area (Å²) in [4.78, 5) is 11.8. The standard InChI is InChI=1S/C13H21FN5O3P/c1-3-21-23(20,22-4-2)7-5-6-10(14)19-9-18-11-12(15)16-8-17-13(11)19/h8-10H,3-7H2,1-2H3,(H2,15,16,17). The van der Waals surface area contributed by atoms with E-state index < -0.39 is 13.9 Å². The maximum Gasteiger partial charge on any atom is 0.330 e. The highest BCUT2D eigenvalue weighted by Gasteiger charge is 2.24. The number of aromatic nitrogens is 4. The molecule has 0 bridgehead atoms. The highest BCUT2D eigenvalue weighted by atomic mass is 31.2. The Hall–Kier alpha value is -1.57. The first kappa shape index (κ1) is 17.8. The van der Waals surface area contributed by atoms with Gasteiger partial charge in [0.25, 0.3) is 0 Å². The van der Waals surface area contributed by atoms with Gasteiger partial charge >= 0.3 is 7.60 Å². The van der Waals surface area contributed by atoms with Gasteiger partial charge in [0.05, 0.1) is 25.7 Å². The molecule has 0 spiro atoms. The van der Waals surface area contributed by atoms with Crippen molar-refractivity contribution in [3.8, 4) is 0 Å². The molecule has 10 heteroatoms. The fraction of sp³-hybridized carbons (Fsp3) is 0.615. The third kappa shape index (κ3) is 4.25. The van der Waals surface area contributed by atoms with Crippen LogP contribution in [0, 0.1) is 0 Å². The van der Waals surface area contributed by atoms with E-state index in [-0.39, 0.29) is 18.4 Å². The molecule has 0 aliphatic heterocycles. The summed E-state index contributed by atoms with van der Waals surface area (Å²) in [5.74, 6) is 0.207. The molecule has 0 saturated carbocycles. The Balaban J connectivity index is 2.00. The second-order valence-electron chi connectivity index (χ2n) is 4.83. The van der Waals surface area contributed by atoms with E-state index in [2.05, 4.69) is 15.0 Å². The molecule has 23 heavy (non-hydrogen) atoms. The van der Waals surface area contributed by atoms with Crippen molar-refractivity contribution in [1.82, 2.24) is 19.5 Å². The summed E-state index contributed by atoms with van der Waals surface area (Å²) in [6, 6.07) is 0. The van der Waals surface area contributed by atoms with Gasteiger partial charge in [0.15, 0.2) is 17.8 Å². The van der Waals surface area contributed by atoms with E-state index in [0.717, 1.165) is 0 Å². The van der Waals surface area contributed by atoms with Crippen molar-refractivity contribution in [3.63, 3.8) is 0 Å². The lowest BCUT2D eigenvalue weighted by atomic mass is 10.3. The molecule has 1 atom stereocenters. The molecule has 2 rings (SSSR count). The number of fused-ring (bicyclic) bond motifs is 1. The lowest BCUT2D eigenvalue weighted by Crippen LogP contribution is -2.06. The van der Waals surface area contributed by atoms with Crippen LogP contribution >= 0.6 is 7.60 Å². The van der Waals surface area contributed by atoms with Crippen LogP contribution in [-0.2, 0) is 13.6 Å². The number of nitrogen functional groups attached to an aromatic ring is 1. The van der Waals surface area contributed by atoms with Gasteiger partial charge in [-0.15, -0.1) is 0 Å². The Labute approximate surface area is 133 Å². The van der Waals surface area contributed by atoms with Crippen LogP contribution in [0.2, 0.25) is 0 Å². The molecule has 2 aromatic rings. The highest BCUT2D eigenvalue weighted by Crippen LogP contribution is 2.49. The maximum atomic E-state index is 14.4. The van der Waals surface area contributed by atoms with Crippen molar-refractivity contribution in [2.45, 2.75) is 33.0 Å². The zero-order valence-electron chi connectivity index (χ0n) is 13.2. The molecular formula is C13H21FN5O3P. The predicted molar refractivity (Wildman–Crippen MR) is 84.8 cm³/mol. The number of halogens is 1. The van der Waals surface area contributed by atoms with Crippen LogP contribution in [0.1, 0.15) is 33.0 Å². The van der Waals surface area contributed by atoms with Crippen molar-refractivity contribution in [2.75, 3.05) is 25.1 Å². The molecule has 0 amide bonds. The predicted octanol–water partition coefficient (Wildman–Crippen LogP) is 2.92. The number of anilines is 1. The molecule has 0 saturated heterocycles. The molecule has 2 heterocycles. The molecule has 1 unspecified atom stereocenters. The monoisotopic (exact) mass is 345 g/mol. The number of hydrogen-bond acceptors (Lipinski definition) is 7. The molecule has 2 aromatic heterocycles. The van der Waals surface area contributed by atoms with Gasteiger partial charge < -0.3 is 14.8 Å². The molecule has 128 valence electrons. The van der Waals surface area contributed by atoms with E-state index in [4.69, 9.17) is 14.8 Å². The van der Waals surface area contributed by atoms with Gasteiger partial charge in [-0.1, -0.05) is 0 Å². The van der Waals surface area contributed by atoms with E-state index in [1.165, 1.54) is 17.2 Å². The van der Waals surface area contributed by atoms with Gasteiger partial charge in [-0.3, -0.25) is 9.13 Å². The van der Waals surface area contributed by atoms with E-state index in [0.29, 0.717) is 30.8 Å². The second kappa shape index (κ2) is 7.81. The Kier molecular flexibility index (Phi) is 6.04. The molecular weight excluding hydrogens is 324 g/mol. The number of hydrogen-bond donors (Lipinski definition) is 1. The summed E-state index contributed by atoms with van der Waals surface area (Å²) < 4.78 is 38.4. The van der Waals surface area contributed by atoms with Crippen molar-refractivity contribution < 1.29 is 18.0 Å². The van der Waals surface area contributed by atoms with Crippen molar-refractivity contribution in [2.24, 2.45) is 0 Å². The van der Waals surface area contributed by atoms with E-state index >= 15 is 0 Å². The molecule has 0 aliphatic rings. The van der Waals surface area contributed by atoms with Crippen LogP contribution in [0.25, 0.3) is 11.2 Å². The Morgan fingerprint density at radius 1 is 1.30 bits per heavy atom. The van der Waals surface area contributed by atoms with Gasteiger partial charge in [0, 0.05) is 0 Å². The van der Waals surface area contributed by atoms with Gasteiger partial charge in [-0.25, -0.2) is 19.3 Å². The van der Waals surface area contributed by atoms with Crippen molar-refractivity contribution >= 4 is 24.6 Å². The van der Waals surface area contributed by atoms with Gasteiger partial charge in [0.2, 0.25) is 0 Å². The average molecular weight is 345 g/mol. The molecule has 0 aromatic carbocycles. The SMILES string of the molecule is CCOP(=O)(CCCC(F)n1cnc2c(N)ncnc21)OCC. The van der Waals surface area contributed by atoms with E-state index in [9.17, 15) is 8.96 Å². The van der Waals surface area contributed by atoms with E-state index in [1.54, 1.807) is 13.8 Å². The Bertz CT molecular complexity index is 685. The number of nitrogens with two attached hydrogens (primary N) is 1. The number of imidazole rings is 1. The second-order valence-corrected chi connectivity index (χ2v) is 7.02. The van der Waals surface area contributed by atoms with Crippen LogP contribution in [0.15, 0.2) is 12.7 Å². The van der Waals surface area contributed by atoms with Crippen LogP contribution in [0.4, 0.5) is 10.2 Å². The highest BCUT2D eigenvalue weighted by molar-refractivity contribution is 7.53. The zero-order valence-corrected chi connectivity index (χ0v) is 14.1. The van der Waals surface area contributed by atoms with E-state index in [1.807, 2.05) is 0 Å². The first-order valence-corrected chi connectivity index (χ1v) is 9.18. The van der Waals surface area contributed by atoms with Crippen LogP contribution < -0.4 is 5.73 Å². The Morgan fingerprint density at radius 2 is 2.00 bits per heavy atom. The fourth-order valence-electron chi connectivity index (χ4n) is 2.23. The first-order valence-electron chi connectivity index (χ1n) is 7.46. The normalized spacial score (nSPS) is 13.5. The number of rotatable bonds is 9. The summed E-state index contributed by atoms with van der Waals surface area (Å²) >= 11 is 0. The summed E-state index contributed by atoms with van der Waals surface area (Å²) in [5.41, 5.74) is 6.38. The molecule has 0 aliphatic carbocycles.